The van der Waals surface area contributed by atoms with E-state index in [1.165, 1.54) is 22.9 Å². The summed E-state index contributed by atoms with van der Waals surface area (Å²) in [5, 5.41) is 5.68. The van der Waals surface area contributed by atoms with Crippen LogP contribution in [0.3, 0.4) is 0 Å². The standard InChI is InChI=1S/C29H29N5O4S/c1-3-24(27(36)31-16-19-12-10-18(2)11-13-19)39-29-33-22-9-5-4-8-21(22)26-32-23(28(37)34(26)29)15-25(35)30-17-20-7-6-14-38-20/h4-14,23-24H,3,15-17H2,1-2H3,(H,30,35)(H,31,36)/t23-,24+/m1/s1. The minimum Gasteiger partial charge on any atom is -0.467 e. The molecule has 0 bridgehead atoms. The smallest absolute Gasteiger partial charge is 0.259 e. The first-order chi connectivity index (χ1) is 18.9. The molecule has 0 fully saturated rings. The summed E-state index contributed by atoms with van der Waals surface area (Å²) in [6, 6.07) is 18.0. The average Bonchev–Trinajstić information content (AvgIpc) is 3.58. The van der Waals surface area contributed by atoms with Crippen molar-refractivity contribution in [3.05, 3.63) is 89.4 Å². The van der Waals surface area contributed by atoms with Crippen molar-refractivity contribution in [2.24, 2.45) is 9.98 Å². The van der Waals surface area contributed by atoms with Gasteiger partial charge in [0.15, 0.2) is 5.17 Å². The summed E-state index contributed by atoms with van der Waals surface area (Å²) in [4.78, 5) is 50.1. The molecule has 10 heteroatoms. The van der Waals surface area contributed by atoms with Crippen molar-refractivity contribution in [3.63, 3.8) is 0 Å². The van der Waals surface area contributed by atoms with Gasteiger partial charge in [0.2, 0.25) is 11.8 Å². The van der Waals surface area contributed by atoms with Gasteiger partial charge in [-0.2, -0.15) is 0 Å². The number of rotatable bonds is 9. The SMILES string of the molecule is CC[C@H](SC1=Nc2ccccc2C2=N[C@H](CC(=O)NCc3ccco3)C(=O)N12)C(=O)NCc1ccc(C)cc1. The number of aliphatic imine (C=N–C) groups is 2. The highest BCUT2D eigenvalue weighted by Crippen LogP contribution is 2.35. The molecule has 3 amide bonds. The first kappa shape index (κ1) is 26.4. The monoisotopic (exact) mass is 543 g/mol. The van der Waals surface area contributed by atoms with Gasteiger partial charge in [0, 0.05) is 12.1 Å². The number of nitrogens with one attached hydrogen (secondary N) is 2. The van der Waals surface area contributed by atoms with E-state index in [-0.39, 0.29) is 30.7 Å². The number of thioether (sulfide) groups is 1. The molecule has 0 saturated carbocycles. The van der Waals surface area contributed by atoms with Gasteiger partial charge in [-0.15, -0.1) is 0 Å². The maximum absolute atomic E-state index is 13.5. The predicted molar refractivity (Wildman–Crippen MR) is 151 cm³/mol. The van der Waals surface area contributed by atoms with Crippen LogP contribution in [0.25, 0.3) is 0 Å². The molecule has 3 aromatic rings. The van der Waals surface area contributed by atoms with Crippen LogP contribution in [0.15, 0.2) is 81.3 Å². The fourth-order valence-electron chi connectivity index (χ4n) is 4.32. The van der Waals surface area contributed by atoms with Crippen molar-refractivity contribution in [2.45, 2.75) is 51.1 Å². The van der Waals surface area contributed by atoms with Gasteiger partial charge in [-0.1, -0.05) is 60.6 Å². The fourth-order valence-corrected chi connectivity index (χ4v) is 5.36. The highest BCUT2D eigenvalue weighted by Gasteiger charge is 2.43. The molecule has 2 aliphatic heterocycles. The van der Waals surface area contributed by atoms with Crippen LogP contribution in [0.2, 0.25) is 0 Å². The van der Waals surface area contributed by atoms with Gasteiger partial charge in [-0.3, -0.25) is 19.4 Å². The predicted octanol–water partition coefficient (Wildman–Crippen LogP) is 4.08. The van der Waals surface area contributed by atoms with Crippen molar-refractivity contribution in [1.82, 2.24) is 15.5 Å². The summed E-state index contributed by atoms with van der Waals surface area (Å²) >= 11 is 1.23. The molecule has 0 spiro atoms. The summed E-state index contributed by atoms with van der Waals surface area (Å²) in [7, 11) is 0. The minimum atomic E-state index is -0.885. The number of hydrogen-bond acceptors (Lipinski definition) is 7. The number of amides is 3. The highest BCUT2D eigenvalue weighted by molar-refractivity contribution is 8.15. The second-order valence-corrected chi connectivity index (χ2v) is 10.5. The molecule has 2 N–H and O–H groups in total. The summed E-state index contributed by atoms with van der Waals surface area (Å²) in [5.41, 5.74) is 3.55. The molecule has 0 unspecified atom stereocenters. The molecule has 2 aromatic carbocycles. The average molecular weight is 544 g/mol. The van der Waals surface area contributed by atoms with E-state index < -0.39 is 11.3 Å². The molecule has 39 heavy (non-hydrogen) atoms. The zero-order valence-electron chi connectivity index (χ0n) is 21.7. The molecule has 3 heterocycles. The molecule has 9 nitrogen and oxygen atoms in total. The van der Waals surface area contributed by atoms with Gasteiger partial charge in [0.25, 0.3) is 5.91 Å². The third-order valence-electron chi connectivity index (χ3n) is 6.46. The first-order valence-electron chi connectivity index (χ1n) is 12.8. The molecule has 1 aromatic heterocycles. The lowest BCUT2D eigenvalue weighted by Gasteiger charge is -2.27. The quantitative estimate of drug-likeness (QED) is 0.422. The third kappa shape index (κ3) is 5.96. The van der Waals surface area contributed by atoms with E-state index >= 15 is 0 Å². The van der Waals surface area contributed by atoms with Crippen LogP contribution in [-0.2, 0) is 27.5 Å². The number of hydrogen-bond donors (Lipinski definition) is 2. The lowest BCUT2D eigenvalue weighted by molar-refractivity contribution is -0.128. The van der Waals surface area contributed by atoms with Gasteiger partial charge >= 0.3 is 0 Å². The van der Waals surface area contributed by atoms with Crippen LogP contribution >= 0.6 is 11.8 Å². The van der Waals surface area contributed by atoms with Gasteiger partial charge in [-0.05, 0) is 43.2 Å². The topological polar surface area (TPSA) is 116 Å². The Labute approximate surface area is 230 Å². The number of carbonyl (C=O) groups is 3. The Hall–Kier alpha value is -4.18. The first-order valence-corrected chi connectivity index (χ1v) is 13.7. The van der Waals surface area contributed by atoms with Crippen LogP contribution in [0.5, 0.6) is 0 Å². The largest absolute Gasteiger partial charge is 0.467 e. The van der Waals surface area contributed by atoms with Gasteiger partial charge < -0.3 is 15.1 Å². The van der Waals surface area contributed by atoms with E-state index in [4.69, 9.17) is 9.41 Å². The number of para-hydroxylation sites is 1. The zero-order valence-corrected chi connectivity index (χ0v) is 22.5. The van der Waals surface area contributed by atoms with Crippen molar-refractivity contribution in [1.29, 1.82) is 0 Å². The maximum atomic E-state index is 13.5. The second kappa shape index (κ2) is 11.7. The van der Waals surface area contributed by atoms with Crippen molar-refractivity contribution < 1.29 is 18.8 Å². The third-order valence-corrected chi connectivity index (χ3v) is 7.78. The van der Waals surface area contributed by atoms with Gasteiger partial charge in [0.1, 0.15) is 17.6 Å². The van der Waals surface area contributed by atoms with Crippen molar-refractivity contribution in [3.8, 4) is 0 Å². The van der Waals surface area contributed by atoms with Crippen LogP contribution < -0.4 is 10.6 Å². The molecular formula is C29H29N5O4S. The Morgan fingerprint density at radius 2 is 1.85 bits per heavy atom. The Kier molecular flexibility index (Phi) is 7.92. The lowest BCUT2D eigenvalue weighted by Crippen LogP contribution is -2.43. The van der Waals surface area contributed by atoms with E-state index in [1.54, 1.807) is 12.1 Å². The van der Waals surface area contributed by atoms with E-state index in [2.05, 4.69) is 15.6 Å². The lowest BCUT2D eigenvalue weighted by atomic mass is 10.1. The number of nitrogens with zero attached hydrogens (tertiary/aromatic N) is 3. The van der Waals surface area contributed by atoms with E-state index in [9.17, 15) is 14.4 Å². The summed E-state index contributed by atoms with van der Waals surface area (Å²) in [6.07, 6.45) is 1.97. The number of aryl methyl sites for hydroxylation is 1. The van der Waals surface area contributed by atoms with E-state index in [0.29, 0.717) is 41.0 Å². The van der Waals surface area contributed by atoms with E-state index in [0.717, 1.165) is 11.1 Å². The van der Waals surface area contributed by atoms with Crippen molar-refractivity contribution in [2.75, 3.05) is 0 Å². The number of benzene rings is 2. The Morgan fingerprint density at radius 1 is 1.05 bits per heavy atom. The van der Waals surface area contributed by atoms with Crippen LogP contribution in [0.4, 0.5) is 5.69 Å². The van der Waals surface area contributed by atoms with Gasteiger partial charge in [-0.25, -0.2) is 9.89 Å². The summed E-state index contributed by atoms with van der Waals surface area (Å²) in [5.74, 6) is 0.287. The summed E-state index contributed by atoms with van der Waals surface area (Å²) in [6.45, 7) is 4.59. The highest BCUT2D eigenvalue weighted by atomic mass is 32.2. The number of furan rings is 1. The minimum absolute atomic E-state index is 0.103. The fraction of sp³-hybridized carbons (Fsp3) is 0.276. The molecule has 200 valence electrons. The molecule has 2 aliphatic rings. The maximum Gasteiger partial charge on any atom is 0.259 e. The van der Waals surface area contributed by atoms with Crippen molar-refractivity contribution >= 4 is 46.2 Å². The molecule has 0 saturated heterocycles. The van der Waals surface area contributed by atoms with Crippen LogP contribution in [0.1, 0.15) is 42.2 Å². The number of carbonyl (C=O) groups excluding carboxylic acids is 3. The zero-order chi connectivity index (χ0) is 27.4. The Balaban J connectivity index is 1.30. The van der Waals surface area contributed by atoms with Gasteiger partial charge in [0.05, 0.1) is 30.2 Å². The van der Waals surface area contributed by atoms with E-state index in [1.807, 2.05) is 62.4 Å². The number of fused-ring (bicyclic) bond motifs is 3. The summed E-state index contributed by atoms with van der Waals surface area (Å²) < 4.78 is 5.25. The molecule has 0 aliphatic carbocycles. The van der Waals surface area contributed by atoms with Crippen LogP contribution in [-0.4, -0.2) is 44.9 Å². The normalized spacial score (nSPS) is 16.6. The number of amidine groups is 2. The van der Waals surface area contributed by atoms with Crippen LogP contribution in [0, 0.1) is 6.92 Å². The Morgan fingerprint density at radius 3 is 2.59 bits per heavy atom. The molecule has 0 radical (unpaired) electrons. The molecular weight excluding hydrogens is 514 g/mol. The Bertz CT molecular complexity index is 1430. The molecule has 5 rings (SSSR count). The molecule has 2 atom stereocenters. The second-order valence-electron chi connectivity index (χ2n) is 9.33.